The molecule has 0 saturated carbocycles. The van der Waals surface area contributed by atoms with Crippen LogP contribution in [-0.4, -0.2) is 54.5 Å². The lowest BCUT2D eigenvalue weighted by Gasteiger charge is -2.34. The highest BCUT2D eigenvalue weighted by Gasteiger charge is 2.36. The fourth-order valence-electron chi connectivity index (χ4n) is 1.47. The molecule has 0 bridgehead atoms. The van der Waals surface area contributed by atoms with Crippen molar-refractivity contribution in [3.8, 4) is 0 Å². The maximum Gasteiger partial charge on any atom is 0.406 e. The molecule has 0 aromatic heterocycles. The molecule has 1 fully saturated rings. The Morgan fingerprint density at radius 2 is 1.87 bits per heavy atom. The summed E-state index contributed by atoms with van der Waals surface area (Å²) in [7, 11) is 0. The molecular weight excluding hydrogens is 213 g/mol. The number of nitrogens with zero attached hydrogens (tertiary/aromatic N) is 2. The molecule has 0 atom stereocenters. The van der Waals surface area contributed by atoms with Crippen molar-refractivity contribution >= 4 is 12.3 Å². The van der Waals surface area contributed by atoms with Crippen LogP contribution in [0.15, 0.2) is 0 Å². The van der Waals surface area contributed by atoms with Crippen molar-refractivity contribution in [3.63, 3.8) is 0 Å². The fraction of sp³-hybridized carbons (Fsp3) is 0.750. The van der Waals surface area contributed by atoms with Crippen LogP contribution in [0.3, 0.4) is 0 Å². The number of alkyl halides is 3. The first-order valence-corrected chi connectivity index (χ1v) is 4.48. The molecule has 0 aliphatic carbocycles. The van der Waals surface area contributed by atoms with Crippen LogP contribution in [0.2, 0.25) is 0 Å². The molecular formula is C8H11F3N2O2. The molecule has 4 nitrogen and oxygen atoms in total. The average Bonchev–Trinajstić information content (AvgIpc) is 2.10. The van der Waals surface area contributed by atoms with E-state index in [0.29, 0.717) is 24.2 Å². The van der Waals surface area contributed by atoms with Crippen molar-refractivity contribution in [1.82, 2.24) is 9.80 Å². The summed E-state index contributed by atoms with van der Waals surface area (Å²) >= 11 is 0. The first-order valence-electron chi connectivity index (χ1n) is 4.48. The standard InChI is InChI=1S/C8H11F3N2O2/c9-8(10,11)6-13-3-1-2-12(4-5-14)7(13)15/h5H,1-4,6H2. The minimum absolute atomic E-state index is 0.0910. The lowest BCUT2D eigenvalue weighted by atomic mass is 10.3. The maximum atomic E-state index is 12.0. The zero-order chi connectivity index (χ0) is 11.5. The van der Waals surface area contributed by atoms with Crippen molar-refractivity contribution in [2.45, 2.75) is 12.6 Å². The SMILES string of the molecule is O=CCN1CCCN(CC(F)(F)F)C1=O. The second kappa shape index (κ2) is 4.50. The molecule has 1 heterocycles. The van der Waals surface area contributed by atoms with Gasteiger partial charge in [-0.1, -0.05) is 0 Å². The summed E-state index contributed by atoms with van der Waals surface area (Å²) in [6, 6.07) is -0.717. The number of carbonyl (C=O) groups is 2. The third-order valence-electron chi connectivity index (χ3n) is 2.06. The van der Waals surface area contributed by atoms with E-state index in [1.807, 2.05) is 0 Å². The molecule has 7 heteroatoms. The monoisotopic (exact) mass is 224 g/mol. The quantitative estimate of drug-likeness (QED) is 0.667. The van der Waals surface area contributed by atoms with E-state index < -0.39 is 18.8 Å². The fourth-order valence-corrected chi connectivity index (χ4v) is 1.47. The van der Waals surface area contributed by atoms with Gasteiger partial charge in [0.2, 0.25) is 0 Å². The maximum absolute atomic E-state index is 12.0. The first kappa shape index (κ1) is 11.8. The number of amides is 2. The smallest absolute Gasteiger partial charge is 0.318 e. The molecule has 2 amide bonds. The Labute approximate surface area is 84.6 Å². The van der Waals surface area contributed by atoms with Crippen LogP contribution in [0.1, 0.15) is 6.42 Å². The van der Waals surface area contributed by atoms with Crippen molar-refractivity contribution in [3.05, 3.63) is 0 Å². The molecule has 0 unspecified atom stereocenters. The summed E-state index contributed by atoms with van der Waals surface area (Å²) in [5.41, 5.74) is 0. The van der Waals surface area contributed by atoms with Crippen LogP contribution in [0.4, 0.5) is 18.0 Å². The highest BCUT2D eigenvalue weighted by Crippen LogP contribution is 2.19. The number of halogens is 3. The minimum atomic E-state index is -4.39. The van der Waals surface area contributed by atoms with E-state index in [9.17, 15) is 22.8 Å². The number of aldehydes is 1. The molecule has 1 aliphatic rings. The number of rotatable bonds is 3. The predicted octanol–water partition coefficient (Wildman–Crippen LogP) is 0.875. The molecule has 15 heavy (non-hydrogen) atoms. The molecule has 0 N–H and O–H groups in total. The van der Waals surface area contributed by atoms with Crippen LogP contribution in [0.5, 0.6) is 0 Å². The van der Waals surface area contributed by atoms with Gasteiger partial charge >= 0.3 is 12.2 Å². The van der Waals surface area contributed by atoms with Crippen molar-refractivity contribution in [1.29, 1.82) is 0 Å². The van der Waals surface area contributed by atoms with E-state index in [4.69, 9.17) is 0 Å². The summed E-state index contributed by atoms with van der Waals surface area (Å²) < 4.78 is 36.1. The molecule has 0 aromatic carbocycles. The molecule has 0 aromatic rings. The Morgan fingerprint density at radius 3 is 2.40 bits per heavy atom. The van der Waals surface area contributed by atoms with Gasteiger partial charge in [-0.25, -0.2) is 4.79 Å². The van der Waals surface area contributed by atoms with Crippen molar-refractivity contribution < 1.29 is 22.8 Å². The summed E-state index contributed by atoms with van der Waals surface area (Å²) in [6.45, 7) is -0.964. The van der Waals surface area contributed by atoms with Gasteiger partial charge in [-0.05, 0) is 6.42 Å². The Bertz CT molecular complexity index is 255. The normalized spacial score (nSPS) is 18.2. The van der Waals surface area contributed by atoms with E-state index in [1.165, 1.54) is 0 Å². The molecule has 0 radical (unpaired) electrons. The molecule has 1 aliphatic heterocycles. The van der Waals surface area contributed by atoms with Gasteiger partial charge in [0, 0.05) is 13.1 Å². The van der Waals surface area contributed by atoms with Crippen LogP contribution in [0.25, 0.3) is 0 Å². The third-order valence-corrected chi connectivity index (χ3v) is 2.06. The van der Waals surface area contributed by atoms with E-state index >= 15 is 0 Å². The van der Waals surface area contributed by atoms with Gasteiger partial charge in [0.1, 0.15) is 12.8 Å². The summed E-state index contributed by atoms with van der Waals surface area (Å²) in [4.78, 5) is 23.4. The van der Waals surface area contributed by atoms with E-state index in [2.05, 4.69) is 0 Å². The number of carbonyl (C=O) groups excluding carboxylic acids is 2. The Morgan fingerprint density at radius 1 is 1.27 bits per heavy atom. The van der Waals surface area contributed by atoms with E-state index in [-0.39, 0.29) is 13.1 Å². The van der Waals surface area contributed by atoms with Crippen molar-refractivity contribution in [2.24, 2.45) is 0 Å². The van der Waals surface area contributed by atoms with Crippen LogP contribution >= 0.6 is 0 Å². The largest absolute Gasteiger partial charge is 0.406 e. The summed E-state index contributed by atoms with van der Waals surface area (Å²) in [6.07, 6.45) is -3.43. The molecule has 0 spiro atoms. The predicted molar refractivity (Wildman–Crippen MR) is 45.3 cm³/mol. The second-order valence-electron chi connectivity index (χ2n) is 3.29. The lowest BCUT2D eigenvalue weighted by molar-refractivity contribution is -0.142. The van der Waals surface area contributed by atoms with Crippen molar-refractivity contribution in [2.75, 3.05) is 26.2 Å². The number of urea groups is 1. The Hall–Kier alpha value is -1.27. The number of hydrogen-bond donors (Lipinski definition) is 0. The van der Waals surface area contributed by atoms with Gasteiger partial charge in [-0.2, -0.15) is 13.2 Å². The van der Waals surface area contributed by atoms with E-state index in [0.717, 1.165) is 4.90 Å². The lowest BCUT2D eigenvalue weighted by Crippen LogP contribution is -2.52. The van der Waals surface area contributed by atoms with Gasteiger partial charge < -0.3 is 14.6 Å². The van der Waals surface area contributed by atoms with Gasteiger partial charge in [-0.3, -0.25) is 0 Å². The highest BCUT2D eigenvalue weighted by atomic mass is 19.4. The zero-order valence-corrected chi connectivity index (χ0v) is 7.96. The third kappa shape index (κ3) is 3.41. The highest BCUT2D eigenvalue weighted by molar-refractivity contribution is 5.77. The van der Waals surface area contributed by atoms with Gasteiger partial charge in [-0.15, -0.1) is 0 Å². The summed E-state index contributed by atoms with van der Waals surface area (Å²) in [5.74, 6) is 0. The average molecular weight is 224 g/mol. The molecule has 1 saturated heterocycles. The van der Waals surface area contributed by atoms with Crippen LogP contribution < -0.4 is 0 Å². The zero-order valence-electron chi connectivity index (χ0n) is 7.96. The Kier molecular flexibility index (Phi) is 3.54. The van der Waals surface area contributed by atoms with E-state index in [1.54, 1.807) is 0 Å². The minimum Gasteiger partial charge on any atom is -0.318 e. The topological polar surface area (TPSA) is 40.6 Å². The molecule has 1 rings (SSSR count). The summed E-state index contributed by atoms with van der Waals surface area (Å²) in [5, 5.41) is 0. The van der Waals surface area contributed by atoms with Crippen LogP contribution in [-0.2, 0) is 4.79 Å². The molecule has 86 valence electrons. The van der Waals surface area contributed by atoms with Crippen LogP contribution in [0, 0.1) is 0 Å². The second-order valence-corrected chi connectivity index (χ2v) is 3.29. The van der Waals surface area contributed by atoms with Gasteiger partial charge in [0.15, 0.2) is 0 Å². The first-order chi connectivity index (χ1) is 6.94. The Balaban J connectivity index is 2.58. The number of hydrogen-bond acceptors (Lipinski definition) is 2. The van der Waals surface area contributed by atoms with Gasteiger partial charge in [0.25, 0.3) is 0 Å². The van der Waals surface area contributed by atoms with Gasteiger partial charge in [0.05, 0.1) is 6.54 Å².